The van der Waals surface area contributed by atoms with Gasteiger partial charge in [0.15, 0.2) is 11.6 Å². The first kappa shape index (κ1) is 15.1. The highest BCUT2D eigenvalue weighted by Gasteiger charge is 2.37. The number of hydrogen-bond donors (Lipinski definition) is 1. The summed E-state index contributed by atoms with van der Waals surface area (Å²) in [6, 6.07) is 4.00. The van der Waals surface area contributed by atoms with Gasteiger partial charge < -0.3 is 5.32 Å². The Morgan fingerprint density at radius 2 is 1.29 bits per heavy atom. The van der Waals surface area contributed by atoms with Crippen LogP contribution in [0.5, 0.6) is 0 Å². The van der Waals surface area contributed by atoms with Crippen LogP contribution in [0.4, 0.5) is 0 Å². The average Bonchev–Trinajstić information content (AvgIpc) is 2.56. The van der Waals surface area contributed by atoms with Crippen LogP contribution in [0.15, 0.2) is 32.2 Å². The number of carbonyl (C=O) groups excluding carboxylic acids is 2. The number of ketones is 2. The summed E-state index contributed by atoms with van der Waals surface area (Å²) in [4.78, 5) is 25.8. The Morgan fingerprint density at radius 3 is 1.67 bits per heavy atom. The van der Waals surface area contributed by atoms with Crippen molar-refractivity contribution in [1.82, 2.24) is 5.32 Å². The first-order valence-corrected chi connectivity index (χ1v) is 8.54. The van der Waals surface area contributed by atoms with Gasteiger partial charge in [0.1, 0.15) is 0 Å². The summed E-state index contributed by atoms with van der Waals surface area (Å²) in [5.41, 5.74) is 2.34. The van der Waals surface area contributed by atoms with E-state index >= 15 is 0 Å². The van der Waals surface area contributed by atoms with Gasteiger partial charge in [-0.15, -0.1) is 0 Å². The maximum atomic E-state index is 12.9. The van der Waals surface area contributed by atoms with E-state index in [-0.39, 0.29) is 23.7 Å². The van der Waals surface area contributed by atoms with E-state index in [2.05, 4.69) is 51.0 Å². The minimum Gasteiger partial charge on any atom is -0.311 e. The summed E-state index contributed by atoms with van der Waals surface area (Å²) in [5, 5.41) is 3.43. The number of rotatable bonds is 0. The summed E-state index contributed by atoms with van der Waals surface area (Å²) >= 11 is 6.83. The lowest BCUT2D eigenvalue weighted by Gasteiger charge is -2.22. The molecule has 1 aromatic carbocycles. The van der Waals surface area contributed by atoms with Crippen LogP contribution in [0.3, 0.4) is 0 Å². The molecule has 0 radical (unpaired) electrons. The number of hydrogen-bond acceptors (Lipinski definition) is 3. The second kappa shape index (κ2) is 5.45. The van der Waals surface area contributed by atoms with Crippen molar-refractivity contribution in [2.24, 2.45) is 0 Å². The molecule has 0 fully saturated rings. The van der Waals surface area contributed by atoms with E-state index in [4.69, 9.17) is 0 Å². The summed E-state index contributed by atoms with van der Waals surface area (Å²) in [7, 11) is 0. The molecular formula is C16H15Br2NO2. The van der Waals surface area contributed by atoms with Crippen molar-refractivity contribution in [3.8, 4) is 0 Å². The molecule has 0 bridgehead atoms. The lowest BCUT2D eigenvalue weighted by atomic mass is 9.81. The van der Waals surface area contributed by atoms with Crippen molar-refractivity contribution in [2.75, 3.05) is 0 Å². The summed E-state index contributed by atoms with van der Waals surface area (Å²) < 4.78 is 1.37. The molecule has 0 saturated carbocycles. The van der Waals surface area contributed by atoms with Crippen LogP contribution in [0.1, 0.15) is 47.4 Å². The molecule has 0 aromatic heterocycles. The molecule has 110 valence electrons. The largest absolute Gasteiger partial charge is 0.311 e. The lowest BCUT2D eigenvalue weighted by molar-refractivity contribution is 0.0968. The normalized spacial score (nSPS) is 25.5. The first-order chi connectivity index (χ1) is 9.90. The molecule has 2 atom stereocenters. The molecule has 2 aliphatic rings. The molecule has 5 heteroatoms. The third-order valence-electron chi connectivity index (χ3n) is 4.06. The zero-order valence-electron chi connectivity index (χ0n) is 11.8. The van der Waals surface area contributed by atoms with Crippen molar-refractivity contribution in [2.45, 2.75) is 38.8 Å². The fourth-order valence-electron chi connectivity index (χ4n) is 3.22. The van der Waals surface area contributed by atoms with Crippen molar-refractivity contribution in [3.63, 3.8) is 0 Å². The molecule has 1 aromatic rings. The van der Waals surface area contributed by atoms with Gasteiger partial charge in [0.05, 0.1) is 0 Å². The number of Topliss-reactive ketones (excluding diaryl/α,β-unsaturated/α-hetero) is 2. The molecule has 3 rings (SSSR count). The van der Waals surface area contributed by atoms with Gasteiger partial charge in [-0.1, -0.05) is 31.9 Å². The molecular weight excluding hydrogens is 398 g/mol. The first-order valence-electron chi connectivity index (χ1n) is 6.95. The van der Waals surface area contributed by atoms with E-state index in [0.29, 0.717) is 44.1 Å². The van der Waals surface area contributed by atoms with Crippen LogP contribution in [0, 0.1) is 0 Å². The highest BCUT2D eigenvalue weighted by atomic mass is 79.9. The standard InChI is InChI=1S/C16H15Br2NO2/c1-7-5-9-10(6-8(2)19-7)16(21)14-12(18)4-3-11(17)13(14)15(9)20/h3-4,7-8,19H,5-6H2,1-2H3. The second-order valence-corrected chi connectivity index (χ2v) is 7.48. The molecule has 3 nitrogen and oxygen atoms in total. The third kappa shape index (κ3) is 2.45. The van der Waals surface area contributed by atoms with Gasteiger partial charge >= 0.3 is 0 Å². The predicted molar refractivity (Wildman–Crippen MR) is 88.8 cm³/mol. The Hall–Kier alpha value is -0.780. The highest BCUT2D eigenvalue weighted by molar-refractivity contribution is 9.11. The predicted octanol–water partition coefficient (Wildman–Crippen LogP) is 4.05. The third-order valence-corrected chi connectivity index (χ3v) is 5.38. The van der Waals surface area contributed by atoms with Gasteiger partial charge in [0.25, 0.3) is 0 Å². The van der Waals surface area contributed by atoms with Crippen molar-refractivity contribution in [1.29, 1.82) is 0 Å². The number of nitrogens with one attached hydrogen (secondary N) is 1. The van der Waals surface area contributed by atoms with Crippen LogP contribution in [-0.2, 0) is 0 Å². The minimum atomic E-state index is -0.0180. The van der Waals surface area contributed by atoms with Gasteiger partial charge in [-0.25, -0.2) is 0 Å². The molecule has 1 N–H and O–H groups in total. The molecule has 2 unspecified atom stereocenters. The molecule has 0 saturated heterocycles. The van der Waals surface area contributed by atoms with Crippen LogP contribution < -0.4 is 5.32 Å². The lowest BCUT2D eigenvalue weighted by Crippen LogP contribution is -2.33. The van der Waals surface area contributed by atoms with Crippen LogP contribution >= 0.6 is 31.9 Å². The van der Waals surface area contributed by atoms with Crippen molar-refractivity contribution in [3.05, 3.63) is 43.4 Å². The summed E-state index contributed by atoms with van der Waals surface area (Å²) in [6.45, 7) is 4.10. The molecule has 0 spiro atoms. The summed E-state index contributed by atoms with van der Waals surface area (Å²) in [5.74, 6) is -0.0361. The maximum absolute atomic E-state index is 12.9. The van der Waals surface area contributed by atoms with E-state index in [9.17, 15) is 9.59 Å². The summed E-state index contributed by atoms with van der Waals surface area (Å²) in [6.07, 6.45) is 1.20. The highest BCUT2D eigenvalue weighted by Crippen LogP contribution is 2.39. The average molecular weight is 413 g/mol. The van der Waals surface area contributed by atoms with Crippen LogP contribution in [0.25, 0.3) is 0 Å². The van der Waals surface area contributed by atoms with E-state index in [0.717, 1.165) is 0 Å². The molecule has 0 amide bonds. The number of halogens is 2. The molecule has 21 heavy (non-hydrogen) atoms. The smallest absolute Gasteiger partial charge is 0.191 e. The Kier molecular flexibility index (Phi) is 3.93. The van der Waals surface area contributed by atoms with Crippen molar-refractivity contribution >= 4 is 43.4 Å². The quantitative estimate of drug-likeness (QED) is 0.699. The Balaban J connectivity index is 2.23. The van der Waals surface area contributed by atoms with Gasteiger partial charge in [0, 0.05) is 43.3 Å². The minimum absolute atomic E-state index is 0.0180. The van der Waals surface area contributed by atoms with Crippen LogP contribution in [0.2, 0.25) is 0 Å². The maximum Gasteiger partial charge on any atom is 0.191 e. The number of benzene rings is 1. The zero-order valence-corrected chi connectivity index (χ0v) is 15.0. The Bertz CT molecular complexity index is 637. The molecule has 1 aliphatic heterocycles. The Morgan fingerprint density at radius 1 is 0.905 bits per heavy atom. The van der Waals surface area contributed by atoms with Crippen molar-refractivity contribution < 1.29 is 9.59 Å². The van der Waals surface area contributed by atoms with E-state index in [1.165, 1.54) is 0 Å². The van der Waals surface area contributed by atoms with E-state index in [1.807, 2.05) is 0 Å². The SMILES string of the molecule is CC1CC2=C(CC(C)N1)C(=O)c1c(Br)ccc(Br)c1C2=O. The van der Waals surface area contributed by atoms with E-state index in [1.54, 1.807) is 12.1 Å². The Labute approximate surface area is 140 Å². The number of carbonyl (C=O) groups is 2. The van der Waals surface area contributed by atoms with Gasteiger partial charge in [-0.05, 0) is 38.8 Å². The molecule has 1 heterocycles. The van der Waals surface area contributed by atoms with Gasteiger partial charge in [-0.3, -0.25) is 9.59 Å². The van der Waals surface area contributed by atoms with Gasteiger partial charge in [-0.2, -0.15) is 0 Å². The van der Waals surface area contributed by atoms with E-state index < -0.39 is 0 Å². The van der Waals surface area contributed by atoms with Crippen LogP contribution in [-0.4, -0.2) is 23.7 Å². The zero-order chi connectivity index (χ0) is 15.3. The fourth-order valence-corrected chi connectivity index (χ4v) is 4.24. The fraction of sp³-hybridized carbons (Fsp3) is 0.375. The molecule has 1 aliphatic carbocycles. The number of fused-ring (bicyclic) bond motifs is 1. The topological polar surface area (TPSA) is 46.2 Å². The monoisotopic (exact) mass is 411 g/mol. The second-order valence-electron chi connectivity index (χ2n) is 5.77. The van der Waals surface area contributed by atoms with Gasteiger partial charge in [0.2, 0.25) is 0 Å².